The highest BCUT2D eigenvalue weighted by atomic mass is 16.1. The lowest BCUT2D eigenvalue weighted by Crippen LogP contribution is -2.40. The van der Waals surface area contributed by atoms with Crippen LogP contribution in [0.25, 0.3) is 0 Å². The van der Waals surface area contributed by atoms with Gasteiger partial charge in [0.05, 0.1) is 17.2 Å². The molecule has 0 aromatic rings. The molecule has 0 aliphatic carbocycles. The molecule has 1 fully saturated rings. The van der Waals surface area contributed by atoms with E-state index >= 15 is 0 Å². The quantitative estimate of drug-likeness (QED) is 0.426. The highest BCUT2D eigenvalue weighted by Gasteiger charge is 2.40. The van der Waals surface area contributed by atoms with Crippen molar-refractivity contribution in [1.29, 1.82) is 5.26 Å². The third kappa shape index (κ3) is 2.32. The number of likely N-dealkylation sites (N-methyl/N-ethyl adjacent to an activating group) is 1. The second kappa shape index (κ2) is 4.85. The van der Waals surface area contributed by atoms with Gasteiger partial charge in [-0.25, -0.2) is 0 Å². The molecule has 3 nitrogen and oxygen atoms in total. The number of allylic oxidation sites excluding steroid dienone is 2. The molecule has 1 aliphatic rings. The van der Waals surface area contributed by atoms with Gasteiger partial charge < -0.3 is 0 Å². The molecule has 0 bridgehead atoms. The molecule has 1 atom stereocenters. The van der Waals surface area contributed by atoms with Gasteiger partial charge in [0.15, 0.2) is 5.78 Å². The van der Waals surface area contributed by atoms with Crippen molar-refractivity contribution in [2.75, 3.05) is 13.6 Å². The van der Waals surface area contributed by atoms with Crippen LogP contribution in [0, 0.1) is 11.3 Å². The molecule has 0 aromatic heterocycles. The summed E-state index contributed by atoms with van der Waals surface area (Å²) in [7, 11) is 2.00. The van der Waals surface area contributed by atoms with Crippen LogP contribution in [-0.2, 0) is 4.79 Å². The minimum absolute atomic E-state index is 0.0735. The number of carbonyl (C=O) groups is 1. The van der Waals surface area contributed by atoms with E-state index in [9.17, 15) is 10.1 Å². The average Bonchev–Trinajstić information content (AvgIpc) is 2.55. The summed E-state index contributed by atoms with van der Waals surface area (Å²) in [6.45, 7) is 10.1. The van der Waals surface area contributed by atoms with E-state index in [2.05, 4.69) is 17.5 Å². The van der Waals surface area contributed by atoms with Gasteiger partial charge in [0.25, 0.3) is 0 Å². The molecule has 1 unspecified atom stereocenters. The van der Waals surface area contributed by atoms with E-state index in [1.807, 2.05) is 14.0 Å². The maximum Gasteiger partial charge on any atom is 0.161 e. The normalized spacial score (nSPS) is 26.3. The molecule has 1 aliphatic heterocycles. The van der Waals surface area contributed by atoms with Crippen molar-refractivity contribution >= 4 is 5.78 Å². The van der Waals surface area contributed by atoms with Gasteiger partial charge in [0, 0.05) is 5.57 Å². The van der Waals surface area contributed by atoms with Gasteiger partial charge in [-0.15, -0.1) is 0 Å². The molecule has 3 heteroatoms. The fourth-order valence-corrected chi connectivity index (χ4v) is 2.55. The second-order valence-electron chi connectivity index (χ2n) is 5.00. The Bertz CT molecular complexity index is 412. The molecule has 0 radical (unpaired) electrons. The molecule has 17 heavy (non-hydrogen) atoms. The number of ketones is 1. The van der Waals surface area contributed by atoms with Gasteiger partial charge in [-0.3, -0.25) is 9.69 Å². The molecule has 1 heterocycles. The number of nitriles is 1. The van der Waals surface area contributed by atoms with Crippen molar-refractivity contribution in [2.24, 2.45) is 0 Å². The van der Waals surface area contributed by atoms with E-state index in [1.54, 1.807) is 6.92 Å². The van der Waals surface area contributed by atoms with E-state index in [0.717, 1.165) is 19.4 Å². The van der Waals surface area contributed by atoms with Crippen LogP contribution in [0.15, 0.2) is 23.3 Å². The van der Waals surface area contributed by atoms with Crippen LogP contribution in [0.3, 0.4) is 0 Å². The summed E-state index contributed by atoms with van der Waals surface area (Å²) >= 11 is 0. The Morgan fingerprint density at radius 1 is 1.47 bits per heavy atom. The molecule has 0 saturated carbocycles. The molecule has 0 N–H and O–H groups in total. The van der Waals surface area contributed by atoms with Crippen LogP contribution in [0.4, 0.5) is 0 Å². The smallest absolute Gasteiger partial charge is 0.161 e. The van der Waals surface area contributed by atoms with Crippen molar-refractivity contribution in [3.8, 4) is 6.07 Å². The van der Waals surface area contributed by atoms with Gasteiger partial charge >= 0.3 is 0 Å². The molecular weight excluding hydrogens is 212 g/mol. The predicted molar refractivity (Wildman–Crippen MR) is 68.4 cm³/mol. The number of rotatable bonds is 3. The second-order valence-corrected chi connectivity index (χ2v) is 5.00. The maximum atomic E-state index is 11.7. The lowest BCUT2D eigenvalue weighted by Gasteiger charge is -2.33. The zero-order valence-electron chi connectivity index (χ0n) is 11.1. The number of Topliss-reactive ketones (excluding diaryl/α,β-unsaturated/α-hetero) is 1. The number of hydrogen-bond acceptors (Lipinski definition) is 3. The first-order valence-electron chi connectivity index (χ1n) is 5.87. The van der Waals surface area contributed by atoms with E-state index in [1.165, 1.54) is 6.92 Å². The van der Waals surface area contributed by atoms with Crippen molar-refractivity contribution < 1.29 is 4.79 Å². The van der Waals surface area contributed by atoms with Crippen molar-refractivity contribution in [2.45, 2.75) is 39.2 Å². The summed E-state index contributed by atoms with van der Waals surface area (Å²) in [4.78, 5) is 13.9. The zero-order chi connectivity index (χ0) is 13.2. The van der Waals surface area contributed by atoms with E-state index in [4.69, 9.17) is 0 Å². The molecule has 1 rings (SSSR count). The first kappa shape index (κ1) is 13.7. The Hall–Kier alpha value is -1.40. The number of nitrogens with zero attached hydrogens (tertiary/aromatic N) is 2. The Morgan fingerprint density at radius 2 is 2.06 bits per heavy atom. The van der Waals surface area contributed by atoms with Gasteiger partial charge in [-0.05, 0) is 52.8 Å². The first-order chi connectivity index (χ1) is 7.84. The lowest BCUT2D eigenvalue weighted by molar-refractivity contribution is -0.113. The Morgan fingerprint density at radius 3 is 2.35 bits per heavy atom. The summed E-state index contributed by atoms with van der Waals surface area (Å²) in [5.41, 5.74) is 1.42. The van der Waals surface area contributed by atoms with Crippen LogP contribution < -0.4 is 0 Å². The largest absolute Gasteiger partial charge is 0.296 e. The van der Waals surface area contributed by atoms with Crippen molar-refractivity contribution in [3.05, 3.63) is 23.3 Å². The number of carbonyl (C=O) groups excluding carboxylic acids is 1. The van der Waals surface area contributed by atoms with Crippen LogP contribution in [-0.4, -0.2) is 29.8 Å². The SMILES string of the molecule is C=C(C)/C(C(C)=O)=C(\C#N)C1(C)CCCN1C. The third-order valence-corrected chi connectivity index (χ3v) is 3.68. The Labute approximate surface area is 103 Å². The Balaban J connectivity index is 3.40. The minimum atomic E-state index is -0.325. The maximum absolute atomic E-state index is 11.7. The monoisotopic (exact) mass is 232 g/mol. The fourth-order valence-electron chi connectivity index (χ4n) is 2.55. The average molecular weight is 232 g/mol. The predicted octanol–water partition coefficient (Wildman–Crippen LogP) is 2.46. The standard InChI is InChI=1S/C14H20N2O/c1-10(2)13(11(3)17)12(9-15)14(4)7-6-8-16(14)5/h1,6-8H2,2-5H3/b13-12-. The highest BCUT2D eigenvalue weighted by molar-refractivity contribution is 5.99. The van der Waals surface area contributed by atoms with Gasteiger partial charge in [0.2, 0.25) is 0 Å². The minimum Gasteiger partial charge on any atom is -0.296 e. The molecule has 1 saturated heterocycles. The van der Waals surface area contributed by atoms with Crippen LogP contribution >= 0.6 is 0 Å². The van der Waals surface area contributed by atoms with Gasteiger partial charge in [0.1, 0.15) is 0 Å². The van der Waals surface area contributed by atoms with Crippen molar-refractivity contribution in [1.82, 2.24) is 4.90 Å². The first-order valence-corrected chi connectivity index (χ1v) is 5.87. The van der Waals surface area contributed by atoms with Crippen LogP contribution in [0.2, 0.25) is 0 Å². The zero-order valence-corrected chi connectivity index (χ0v) is 11.1. The van der Waals surface area contributed by atoms with Gasteiger partial charge in [-0.2, -0.15) is 5.26 Å². The van der Waals surface area contributed by atoms with Crippen LogP contribution in [0.1, 0.15) is 33.6 Å². The summed E-state index contributed by atoms with van der Waals surface area (Å²) in [5.74, 6) is -0.0735. The van der Waals surface area contributed by atoms with E-state index < -0.39 is 0 Å². The highest BCUT2D eigenvalue weighted by Crippen LogP contribution is 2.36. The molecule has 0 aromatic carbocycles. The molecule has 0 amide bonds. The topological polar surface area (TPSA) is 44.1 Å². The van der Waals surface area contributed by atoms with Gasteiger partial charge in [-0.1, -0.05) is 6.58 Å². The summed E-state index contributed by atoms with van der Waals surface area (Å²) < 4.78 is 0. The molecule has 0 spiro atoms. The van der Waals surface area contributed by atoms with E-state index in [0.29, 0.717) is 16.7 Å². The summed E-state index contributed by atoms with van der Waals surface area (Å²) in [6, 6.07) is 2.23. The number of likely N-dealkylation sites (tertiary alicyclic amines) is 1. The van der Waals surface area contributed by atoms with Crippen molar-refractivity contribution in [3.63, 3.8) is 0 Å². The van der Waals surface area contributed by atoms with E-state index in [-0.39, 0.29) is 11.3 Å². The summed E-state index contributed by atoms with van der Waals surface area (Å²) in [5, 5.41) is 9.41. The van der Waals surface area contributed by atoms with Crippen LogP contribution in [0.5, 0.6) is 0 Å². The summed E-state index contributed by atoms with van der Waals surface area (Å²) in [6.07, 6.45) is 1.97. The number of hydrogen-bond donors (Lipinski definition) is 0. The fraction of sp³-hybridized carbons (Fsp3) is 0.571. The lowest BCUT2D eigenvalue weighted by atomic mass is 9.83. The Kier molecular flexibility index (Phi) is 3.90. The molecule has 92 valence electrons. The third-order valence-electron chi connectivity index (χ3n) is 3.68. The molecular formula is C14H20N2O.